The van der Waals surface area contributed by atoms with E-state index < -0.39 is 27.4 Å². The molecule has 2 rings (SSSR count). The molecule has 1 aliphatic heterocycles. The standard InChI is InChI=1S/C16H22F3NO3S/c1-11-5-4-6-12(2)20(11)24(22,23)14-9-7-13(8-10-14)15(3,21)16(17,18)19/h7-12,21H,4-6H2,1-3H3/t11-,12+,15?. The highest BCUT2D eigenvalue weighted by molar-refractivity contribution is 7.89. The van der Waals surface area contributed by atoms with Gasteiger partial charge < -0.3 is 5.11 Å². The third-order valence-electron chi connectivity index (χ3n) is 4.66. The molecule has 24 heavy (non-hydrogen) atoms. The van der Waals surface area contributed by atoms with E-state index in [1.807, 2.05) is 13.8 Å². The van der Waals surface area contributed by atoms with Gasteiger partial charge in [0, 0.05) is 12.1 Å². The SMILES string of the molecule is C[C@@H]1CCC[C@H](C)N1S(=O)(=O)c1ccc(C(C)(O)C(F)(F)F)cc1. The Kier molecular flexibility index (Phi) is 5.05. The van der Waals surface area contributed by atoms with Crippen LogP contribution in [0, 0.1) is 0 Å². The van der Waals surface area contributed by atoms with Gasteiger partial charge in [-0.25, -0.2) is 8.42 Å². The molecule has 0 bridgehead atoms. The van der Waals surface area contributed by atoms with E-state index >= 15 is 0 Å². The van der Waals surface area contributed by atoms with E-state index in [1.54, 1.807) is 0 Å². The van der Waals surface area contributed by atoms with Gasteiger partial charge in [0.2, 0.25) is 10.0 Å². The first-order valence-corrected chi connectivity index (χ1v) is 9.26. The Balaban J connectivity index is 2.37. The lowest BCUT2D eigenvalue weighted by atomic mass is 9.96. The third kappa shape index (κ3) is 3.32. The zero-order valence-electron chi connectivity index (χ0n) is 13.8. The maximum Gasteiger partial charge on any atom is 0.421 e. The van der Waals surface area contributed by atoms with E-state index in [4.69, 9.17) is 0 Å². The van der Waals surface area contributed by atoms with Crippen molar-refractivity contribution in [3.05, 3.63) is 29.8 Å². The Labute approximate surface area is 140 Å². The average molecular weight is 365 g/mol. The summed E-state index contributed by atoms with van der Waals surface area (Å²) in [4.78, 5) is -0.0650. The number of hydrogen-bond donors (Lipinski definition) is 1. The molecule has 4 nitrogen and oxygen atoms in total. The van der Waals surface area contributed by atoms with Crippen LogP contribution in [0.4, 0.5) is 13.2 Å². The molecular weight excluding hydrogens is 343 g/mol. The summed E-state index contributed by atoms with van der Waals surface area (Å²) < 4.78 is 65.6. The van der Waals surface area contributed by atoms with E-state index in [0.717, 1.165) is 43.5 Å². The van der Waals surface area contributed by atoms with Crippen LogP contribution in [-0.4, -0.2) is 36.1 Å². The van der Waals surface area contributed by atoms with Crippen LogP contribution in [0.1, 0.15) is 45.6 Å². The highest BCUT2D eigenvalue weighted by Crippen LogP contribution is 2.39. The normalized spacial score (nSPS) is 26.1. The number of hydrogen-bond acceptors (Lipinski definition) is 3. The zero-order chi connectivity index (χ0) is 18.3. The average Bonchev–Trinajstić information content (AvgIpc) is 2.45. The number of benzene rings is 1. The van der Waals surface area contributed by atoms with Gasteiger partial charge in [-0.15, -0.1) is 0 Å². The van der Waals surface area contributed by atoms with E-state index in [2.05, 4.69) is 0 Å². The summed E-state index contributed by atoms with van der Waals surface area (Å²) in [6, 6.07) is 3.96. The van der Waals surface area contributed by atoms with E-state index in [9.17, 15) is 26.7 Å². The Morgan fingerprint density at radius 3 is 1.96 bits per heavy atom. The Morgan fingerprint density at radius 1 is 1.08 bits per heavy atom. The first kappa shape index (κ1) is 19.2. The Morgan fingerprint density at radius 2 is 1.54 bits per heavy atom. The minimum Gasteiger partial charge on any atom is -0.376 e. The lowest BCUT2D eigenvalue weighted by Crippen LogP contribution is -2.47. The molecule has 1 aromatic carbocycles. The maximum atomic E-state index is 12.9. The van der Waals surface area contributed by atoms with Crippen molar-refractivity contribution in [1.29, 1.82) is 0 Å². The second-order valence-electron chi connectivity index (χ2n) is 6.56. The molecule has 1 fully saturated rings. The fourth-order valence-corrected chi connectivity index (χ4v) is 4.99. The topological polar surface area (TPSA) is 57.6 Å². The first-order chi connectivity index (χ1) is 10.9. The highest BCUT2D eigenvalue weighted by atomic mass is 32.2. The first-order valence-electron chi connectivity index (χ1n) is 7.82. The van der Waals surface area contributed by atoms with E-state index in [-0.39, 0.29) is 17.0 Å². The van der Waals surface area contributed by atoms with Crippen LogP contribution in [0.15, 0.2) is 29.2 Å². The quantitative estimate of drug-likeness (QED) is 0.893. The van der Waals surface area contributed by atoms with Crippen LogP contribution in [0.2, 0.25) is 0 Å². The largest absolute Gasteiger partial charge is 0.421 e. The minimum absolute atomic E-state index is 0.0650. The minimum atomic E-state index is -4.84. The van der Waals surface area contributed by atoms with Crippen LogP contribution < -0.4 is 0 Å². The lowest BCUT2D eigenvalue weighted by molar-refractivity contribution is -0.258. The fourth-order valence-electron chi connectivity index (χ4n) is 3.11. The van der Waals surface area contributed by atoms with Gasteiger partial charge in [-0.2, -0.15) is 17.5 Å². The van der Waals surface area contributed by atoms with Crippen molar-refractivity contribution in [3.8, 4) is 0 Å². The monoisotopic (exact) mass is 365 g/mol. The van der Waals surface area contributed by atoms with Crippen molar-refractivity contribution in [1.82, 2.24) is 4.31 Å². The van der Waals surface area contributed by atoms with Crippen LogP contribution in [-0.2, 0) is 15.6 Å². The summed E-state index contributed by atoms with van der Waals surface area (Å²) in [6.45, 7) is 4.30. The lowest BCUT2D eigenvalue weighted by Gasteiger charge is -2.37. The van der Waals surface area contributed by atoms with E-state index in [0.29, 0.717) is 6.92 Å². The molecule has 8 heteroatoms. The Bertz CT molecular complexity index is 674. The molecule has 3 atom stereocenters. The molecule has 0 saturated carbocycles. The highest BCUT2D eigenvalue weighted by Gasteiger charge is 2.51. The molecular formula is C16H22F3NO3S. The molecule has 136 valence electrons. The van der Waals surface area contributed by atoms with Gasteiger partial charge in [0.05, 0.1) is 4.90 Å². The molecule has 1 unspecified atom stereocenters. The molecule has 0 spiro atoms. The number of piperidine rings is 1. The summed E-state index contributed by atoms with van der Waals surface area (Å²) >= 11 is 0. The van der Waals surface area contributed by atoms with Crippen molar-refractivity contribution in [2.75, 3.05) is 0 Å². The van der Waals surface area contributed by atoms with Gasteiger partial charge >= 0.3 is 6.18 Å². The summed E-state index contributed by atoms with van der Waals surface area (Å²) in [7, 11) is -3.79. The van der Waals surface area contributed by atoms with Gasteiger partial charge in [-0.1, -0.05) is 18.6 Å². The number of rotatable bonds is 3. The second-order valence-corrected chi connectivity index (χ2v) is 8.40. The number of sulfonamides is 1. The van der Waals surface area contributed by atoms with Crippen molar-refractivity contribution in [3.63, 3.8) is 0 Å². The van der Waals surface area contributed by atoms with E-state index in [1.165, 1.54) is 4.31 Å². The molecule has 1 N–H and O–H groups in total. The number of halogens is 3. The van der Waals surface area contributed by atoms with Gasteiger partial charge in [0.25, 0.3) is 0 Å². The van der Waals surface area contributed by atoms with Gasteiger partial charge in [-0.05, 0) is 51.3 Å². The van der Waals surface area contributed by atoms with Gasteiger partial charge in [0.15, 0.2) is 5.60 Å². The molecule has 1 saturated heterocycles. The molecule has 0 amide bonds. The van der Waals surface area contributed by atoms with Crippen LogP contribution in [0.5, 0.6) is 0 Å². The van der Waals surface area contributed by atoms with Gasteiger partial charge in [0.1, 0.15) is 0 Å². The zero-order valence-corrected chi connectivity index (χ0v) is 14.7. The second kappa shape index (κ2) is 6.31. The smallest absolute Gasteiger partial charge is 0.376 e. The molecule has 1 heterocycles. The summed E-state index contributed by atoms with van der Waals surface area (Å²) in [5.74, 6) is 0. The number of alkyl halides is 3. The molecule has 0 aromatic heterocycles. The molecule has 0 aliphatic carbocycles. The Hall–Kier alpha value is -1.12. The molecule has 0 radical (unpaired) electrons. The number of nitrogens with zero attached hydrogens (tertiary/aromatic N) is 1. The van der Waals surface area contributed by atoms with Crippen LogP contribution in [0.3, 0.4) is 0 Å². The fraction of sp³-hybridized carbons (Fsp3) is 0.625. The van der Waals surface area contributed by atoms with Crippen molar-refractivity contribution in [2.24, 2.45) is 0 Å². The van der Waals surface area contributed by atoms with Gasteiger partial charge in [-0.3, -0.25) is 0 Å². The number of aliphatic hydroxyl groups is 1. The third-order valence-corrected chi connectivity index (χ3v) is 6.80. The maximum absolute atomic E-state index is 12.9. The summed E-state index contributed by atoms with van der Waals surface area (Å²) in [6.07, 6.45) is -2.39. The van der Waals surface area contributed by atoms with Crippen molar-refractivity contribution < 1.29 is 26.7 Å². The predicted octanol–water partition coefficient (Wildman–Crippen LogP) is 3.41. The summed E-state index contributed by atoms with van der Waals surface area (Å²) in [5.41, 5.74) is -3.42. The molecule has 1 aromatic rings. The van der Waals surface area contributed by atoms with Crippen LogP contribution in [0.25, 0.3) is 0 Å². The van der Waals surface area contributed by atoms with Crippen molar-refractivity contribution in [2.45, 2.75) is 68.8 Å². The summed E-state index contributed by atoms with van der Waals surface area (Å²) in [5, 5.41) is 9.66. The van der Waals surface area contributed by atoms with Crippen LogP contribution >= 0.6 is 0 Å². The van der Waals surface area contributed by atoms with Crippen molar-refractivity contribution >= 4 is 10.0 Å². The molecule has 1 aliphatic rings. The predicted molar refractivity (Wildman–Crippen MR) is 83.9 cm³/mol.